The fourth-order valence-corrected chi connectivity index (χ4v) is 1.29. The second-order valence-corrected chi connectivity index (χ2v) is 4.38. The first-order valence-electron chi connectivity index (χ1n) is 5.66. The van der Waals surface area contributed by atoms with Crippen LogP contribution in [0.4, 0.5) is 20.2 Å². The van der Waals surface area contributed by atoms with E-state index in [4.69, 9.17) is 5.73 Å². The summed E-state index contributed by atoms with van der Waals surface area (Å²) >= 11 is 0. The normalized spacial score (nSPS) is 10.5. The molecule has 0 fully saturated rings. The number of anilines is 2. The summed E-state index contributed by atoms with van der Waals surface area (Å²) in [5.74, 6) is -2.06. The Morgan fingerprint density at radius 1 is 1.39 bits per heavy atom. The number of nitrogen functional groups attached to an aromatic ring is 1. The van der Waals surface area contributed by atoms with Crippen LogP contribution in [-0.2, 0) is 4.79 Å². The van der Waals surface area contributed by atoms with Crippen LogP contribution in [0.25, 0.3) is 0 Å². The van der Waals surface area contributed by atoms with Crippen molar-refractivity contribution >= 4 is 17.3 Å². The maximum atomic E-state index is 13.4. The second-order valence-electron chi connectivity index (χ2n) is 4.38. The number of benzene rings is 1. The van der Waals surface area contributed by atoms with E-state index >= 15 is 0 Å². The van der Waals surface area contributed by atoms with E-state index < -0.39 is 11.6 Å². The Kier molecular flexibility index (Phi) is 4.88. The SMILES string of the molecule is CC(C)CNC(=O)CNc1c(N)ccc(F)c1F. The molecule has 0 saturated carbocycles. The lowest BCUT2D eigenvalue weighted by molar-refractivity contribution is -0.119. The van der Waals surface area contributed by atoms with Crippen molar-refractivity contribution in [3.05, 3.63) is 23.8 Å². The molecule has 0 atom stereocenters. The zero-order valence-electron chi connectivity index (χ0n) is 10.4. The van der Waals surface area contributed by atoms with E-state index in [1.54, 1.807) is 0 Å². The first-order valence-corrected chi connectivity index (χ1v) is 5.66. The number of carbonyl (C=O) groups is 1. The average molecular weight is 257 g/mol. The van der Waals surface area contributed by atoms with E-state index in [0.29, 0.717) is 12.5 Å². The Balaban J connectivity index is 2.58. The molecule has 6 heteroatoms. The number of rotatable bonds is 5. The van der Waals surface area contributed by atoms with Gasteiger partial charge in [0.05, 0.1) is 17.9 Å². The highest BCUT2D eigenvalue weighted by Gasteiger charge is 2.12. The number of nitrogens with two attached hydrogens (primary N) is 1. The van der Waals surface area contributed by atoms with Crippen molar-refractivity contribution in [3.63, 3.8) is 0 Å². The van der Waals surface area contributed by atoms with Crippen LogP contribution in [0.3, 0.4) is 0 Å². The standard InChI is InChI=1S/C12H17F2N3O/c1-7(2)5-16-10(18)6-17-12-9(15)4-3-8(13)11(12)14/h3-4,7,17H,5-6,15H2,1-2H3,(H,16,18). The molecule has 0 radical (unpaired) electrons. The summed E-state index contributed by atoms with van der Waals surface area (Å²) in [5.41, 5.74) is 5.37. The molecular weight excluding hydrogens is 240 g/mol. The van der Waals surface area contributed by atoms with Crippen LogP contribution in [0.1, 0.15) is 13.8 Å². The molecule has 1 aromatic carbocycles. The smallest absolute Gasteiger partial charge is 0.239 e. The van der Waals surface area contributed by atoms with Crippen LogP contribution >= 0.6 is 0 Å². The van der Waals surface area contributed by atoms with Crippen molar-refractivity contribution in [3.8, 4) is 0 Å². The van der Waals surface area contributed by atoms with Gasteiger partial charge in [-0.05, 0) is 18.1 Å². The number of nitrogens with one attached hydrogen (secondary N) is 2. The monoisotopic (exact) mass is 257 g/mol. The number of amides is 1. The summed E-state index contributed by atoms with van der Waals surface area (Å²) in [5, 5.41) is 5.14. The predicted octanol–water partition coefficient (Wildman–Crippen LogP) is 1.73. The largest absolute Gasteiger partial charge is 0.397 e. The minimum absolute atomic E-state index is 0.0607. The lowest BCUT2D eigenvalue weighted by Crippen LogP contribution is -2.32. The third-order valence-electron chi connectivity index (χ3n) is 2.26. The summed E-state index contributed by atoms with van der Waals surface area (Å²) in [7, 11) is 0. The van der Waals surface area contributed by atoms with Crippen LogP contribution in [0, 0.1) is 17.6 Å². The van der Waals surface area contributed by atoms with Crippen molar-refractivity contribution in [2.24, 2.45) is 5.92 Å². The lowest BCUT2D eigenvalue weighted by Gasteiger charge is -2.12. The molecule has 0 heterocycles. The summed E-state index contributed by atoms with van der Waals surface area (Å²) < 4.78 is 26.3. The molecule has 0 spiro atoms. The van der Waals surface area contributed by atoms with Gasteiger partial charge >= 0.3 is 0 Å². The van der Waals surface area contributed by atoms with Gasteiger partial charge in [0.25, 0.3) is 0 Å². The quantitative estimate of drug-likeness (QED) is 0.704. The van der Waals surface area contributed by atoms with Crippen LogP contribution < -0.4 is 16.4 Å². The minimum Gasteiger partial charge on any atom is -0.397 e. The first-order chi connectivity index (χ1) is 8.41. The van der Waals surface area contributed by atoms with Gasteiger partial charge in [0.1, 0.15) is 0 Å². The molecule has 18 heavy (non-hydrogen) atoms. The molecule has 0 aromatic heterocycles. The molecule has 0 aliphatic rings. The van der Waals surface area contributed by atoms with Gasteiger partial charge in [-0.3, -0.25) is 4.79 Å². The van der Waals surface area contributed by atoms with Crippen LogP contribution in [0.15, 0.2) is 12.1 Å². The van der Waals surface area contributed by atoms with E-state index in [1.807, 2.05) is 13.8 Å². The Morgan fingerprint density at radius 3 is 2.67 bits per heavy atom. The third-order valence-corrected chi connectivity index (χ3v) is 2.26. The molecule has 1 aromatic rings. The number of hydrogen-bond acceptors (Lipinski definition) is 3. The Labute approximate surface area is 105 Å². The van der Waals surface area contributed by atoms with Gasteiger partial charge in [-0.1, -0.05) is 13.8 Å². The Bertz CT molecular complexity index is 436. The van der Waals surface area contributed by atoms with Crippen molar-refractivity contribution in [1.82, 2.24) is 5.32 Å². The lowest BCUT2D eigenvalue weighted by atomic mass is 10.2. The highest BCUT2D eigenvalue weighted by Crippen LogP contribution is 2.24. The van der Waals surface area contributed by atoms with Crippen molar-refractivity contribution in [2.75, 3.05) is 24.1 Å². The average Bonchev–Trinajstić information content (AvgIpc) is 2.31. The summed E-state index contributed by atoms with van der Waals surface area (Å²) in [6, 6.07) is 2.18. The van der Waals surface area contributed by atoms with E-state index in [1.165, 1.54) is 6.07 Å². The fourth-order valence-electron chi connectivity index (χ4n) is 1.29. The molecule has 4 N–H and O–H groups in total. The van der Waals surface area contributed by atoms with Gasteiger partial charge in [-0.25, -0.2) is 8.78 Å². The topological polar surface area (TPSA) is 67.2 Å². The van der Waals surface area contributed by atoms with Crippen LogP contribution in [0.2, 0.25) is 0 Å². The van der Waals surface area contributed by atoms with Gasteiger partial charge in [0.15, 0.2) is 11.6 Å². The molecular formula is C12H17F2N3O. The Morgan fingerprint density at radius 2 is 2.06 bits per heavy atom. The minimum atomic E-state index is -1.08. The molecule has 0 saturated heterocycles. The molecule has 1 rings (SSSR count). The number of carbonyl (C=O) groups excluding carboxylic acids is 1. The van der Waals surface area contributed by atoms with Crippen molar-refractivity contribution in [2.45, 2.75) is 13.8 Å². The van der Waals surface area contributed by atoms with E-state index in [2.05, 4.69) is 10.6 Å². The van der Waals surface area contributed by atoms with Gasteiger partial charge in [-0.2, -0.15) is 0 Å². The summed E-state index contributed by atoms with van der Waals surface area (Å²) in [6.07, 6.45) is 0. The number of hydrogen-bond donors (Lipinski definition) is 3. The zero-order chi connectivity index (χ0) is 13.7. The van der Waals surface area contributed by atoms with Gasteiger partial charge < -0.3 is 16.4 Å². The predicted molar refractivity (Wildman–Crippen MR) is 67.1 cm³/mol. The molecule has 1 amide bonds. The summed E-state index contributed by atoms with van der Waals surface area (Å²) in [6.45, 7) is 4.29. The molecule has 4 nitrogen and oxygen atoms in total. The molecule has 0 bridgehead atoms. The van der Waals surface area contributed by atoms with Gasteiger partial charge in [-0.15, -0.1) is 0 Å². The molecule has 0 aliphatic carbocycles. The maximum Gasteiger partial charge on any atom is 0.239 e. The van der Waals surface area contributed by atoms with E-state index in [0.717, 1.165) is 6.07 Å². The molecule has 100 valence electrons. The maximum absolute atomic E-state index is 13.4. The van der Waals surface area contributed by atoms with Crippen molar-refractivity contribution in [1.29, 1.82) is 0 Å². The summed E-state index contributed by atoms with van der Waals surface area (Å²) in [4.78, 5) is 11.4. The molecule has 0 unspecified atom stereocenters. The third kappa shape index (κ3) is 3.87. The van der Waals surface area contributed by atoms with Crippen molar-refractivity contribution < 1.29 is 13.6 Å². The van der Waals surface area contributed by atoms with Gasteiger partial charge in [0.2, 0.25) is 5.91 Å². The Hall–Kier alpha value is -1.85. The fraction of sp³-hybridized carbons (Fsp3) is 0.417. The molecule has 0 aliphatic heterocycles. The highest BCUT2D eigenvalue weighted by atomic mass is 19.2. The van der Waals surface area contributed by atoms with E-state index in [9.17, 15) is 13.6 Å². The van der Waals surface area contributed by atoms with Crippen LogP contribution in [-0.4, -0.2) is 19.0 Å². The van der Waals surface area contributed by atoms with E-state index in [-0.39, 0.29) is 23.8 Å². The van der Waals surface area contributed by atoms with Crippen LogP contribution in [0.5, 0.6) is 0 Å². The highest BCUT2D eigenvalue weighted by molar-refractivity contribution is 5.82. The number of halogens is 2. The first kappa shape index (κ1) is 14.2. The van der Waals surface area contributed by atoms with Gasteiger partial charge in [0, 0.05) is 6.54 Å². The zero-order valence-corrected chi connectivity index (χ0v) is 10.4. The second kappa shape index (κ2) is 6.18.